The van der Waals surface area contributed by atoms with Crippen LogP contribution in [0.3, 0.4) is 0 Å². The minimum absolute atomic E-state index is 0.130. The van der Waals surface area contributed by atoms with E-state index in [2.05, 4.69) is 50.3 Å². The van der Waals surface area contributed by atoms with Crippen molar-refractivity contribution in [2.45, 2.75) is 174 Å². The summed E-state index contributed by atoms with van der Waals surface area (Å²) in [6.45, 7) is 4.23. The molecule has 0 aliphatic rings. The second-order valence-electron chi connectivity index (χ2n) is 11.6. The van der Waals surface area contributed by atoms with Crippen LogP contribution in [-0.4, -0.2) is 36.4 Å². The summed E-state index contributed by atoms with van der Waals surface area (Å²) in [5, 5.41) is 9.95. The van der Waals surface area contributed by atoms with Crippen molar-refractivity contribution < 1.29 is 24.2 Å². The zero-order valence-electron chi connectivity index (χ0n) is 27.5. The van der Waals surface area contributed by atoms with Crippen molar-refractivity contribution in [3.8, 4) is 0 Å². The van der Waals surface area contributed by atoms with Crippen molar-refractivity contribution in [3.05, 3.63) is 36.5 Å². The molecule has 0 aromatic rings. The molecule has 0 amide bonds. The molecule has 1 N–H and O–H groups in total. The Morgan fingerprint density at radius 2 is 0.857 bits per heavy atom. The molecule has 0 heterocycles. The number of esters is 2. The van der Waals surface area contributed by atoms with Crippen molar-refractivity contribution in [1.29, 1.82) is 0 Å². The van der Waals surface area contributed by atoms with E-state index >= 15 is 0 Å². The molecule has 0 fully saturated rings. The fourth-order valence-corrected chi connectivity index (χ4v) is 4.69. The van der Waals surface area contributed by atoms with Gasteiger partial charge >= 0.3 is 11.9 Å². The van der Waals surface area contributed by atoms with Gasteiger partial charge in [0.15, 0.2) is 0 Å². The Morgan fingerprint density at radius 1 is 0.500 bits per heavy atom. The first-order valence-corrected chi connectivity index (χ1v) is 17.5. The second kappa shape index (κ2) is 33.6. The van der Waals surface area contributed by atoms with Gasteiger partial charge in [0.2, 0.25) is 0 Å². The zero-order valence-corrected chi connectivity index (χ0v) is 27.5. The Balaban J connectivity index is 3.54. The smallest absolute Gasteiger partial charge is 0.305 e. The van der Waals surface area contributed by atoms with E-state index in [0.29, 0.717) is 19.3 Å². The van der Waals surface area contributed by atoms with Gasteiger partial charge in [-0.05, 0) is 44.9 Å². The summed E-state index contributed by atoms with van der Waals surface area (Å²) in [7, 11) is 0. The van der Waals surface area contributed by atoms with Crippen LogP contribution in [0.1, 0.15) is 168 Å². The number of aliphatic hydroxyl groups excluding tert-OH is 1. The maximum absolute atomic E-state index is 11.9. The van der Waals surface area contributed by atoms with Crippen LogP contribution in [0.5, 0.6) is 0 Å². The minimum atomic E-state index is -0.979. The maximum atomic E-state index is 11.9. The summed E-state index contributed by atoms with van der Waals surface area (Å²) in [6.07, 6.45) is 39.1. The molecule has 0 rings (SSSR count). The Kier molecular flexibility index (Phi) is 32.1. The van der Waals surface area contributed by atoms with E-state index in [1.54, 1.807) is 0 Å². The van der Waals surface area contributed by atoms with E-state index in [0.717, 1.165) is 38.5 Å². The van der Waals surface area contributed by atoms with Crippen molar-refractivity contribution in [1.82, 2.24) is 0 Å². The molecule has 1 atom stereocenters. The predicted octanol–water partition coefficient (Wildman–Crippen LogP) is 10.5. The monoisotopic (exact) mass is 590 g/mol. The molecule has 0 saturated carbocycles. The number of aliphatic hydroxyl groups is 1. The van der Waals surface area contributed by atoms with Crippen molar-refractivity contribution in [2.75, 3.05) is 13.2 Å². The molecule has 0 aromatic carbocycles. The average molecular weight is 591 g/mol. The van der Waals surface area contributed by atoms with Gasteiger partial charge in [0.25, 0.3) is 0 Å². The highest BCUT2D eigenvalue weighted by Gasteiger charge is 2.11. The molecule has 5 nitrogen and oxygen atoms in total. The molecule has 0 bridgehead atoms. The molecule has 0 radical (unpaired) electrons. The summed E-state index contributed by atoms with van der Waals surface area (Å²) < 4.78 is 10.2. The van der Waals surface area contributed by atoms with E-state index in [1.807, 2.05) is 0 Å². The highest BCUT2D eigenvalue weighted by molar-refractivity contribution is 5.69. The molecule has 244 valence electrons. The summed E-state index contributed by atoms with van der Waals surface area (Å²) in [6, 6.07) is 0. The first kappa shape index (κ1) is 40.1. The van der Waals surface area contributed by atoms with E-state index in [9.17, 15) is 14.7 Å². The van der Waals surface area contributed by atoms with Crippen LogP contribution in [-0.2, 0) is 19.1 Å². The lowest BCUT2D eigenvalue weighted by atomic mass is 10.1. The molecule has 5 heteroatoms. The molecule has 0 aliphatic carbocycles. The van der Waals surface area contributed by atoms with Crippen LogP contribution >= 0.6 is 0 Å². The number of allylic oxidation sites excluding steroid dienone is 6. The topological polar surface area (TPSA) is 72.8 Å². The summed E-state index contributed by atoms with van der Waals surface area (Å²) in [5.74, 6) is -0.625. The number of ether oxygens (including phenoxy) is 2. The molecule has 0 saturated heterocycles. The molecule has 0 spiro atoms. The van der Waals surface area contributed by atoms with Crippen molar-refractivity contribution in [3.63, 3.8) is 0 Å². The first-order chi connectivity index (χ1) is 20.6. The number of hydrogen-bond acceptors (Lipinski definition) is 5. The van der Waals surface area contributed by atoms with E-state index in [-0.39, 0.29) is 25.2 Å². The number of unbranched alkanes of at least 4 members (excludes halogenated alkanes) is 17. The van der Waals surface area contributed by atoms with Crippen LogP contribution in [0, 0.1) is 0 Å². The Labute approximate surface area is 259 Å². The van der Waals surface area contributed by atoms with Crippen LogP contribution < -0.4 is 0 Å². The largest absolute Gasteiger partial charge is 0.463 e. The lowest BCUT2D eigenvalue weighted by molar-refractivity contribution is -0.152. The second-order valence-corrected chi connectivity index (χ2v) is 11.6. The van der Waals surface area contributed by atoms with E-state index < -0.39 is 6.10 Å². The Morgan fingerprint density at radius 3 is 1.33 bits per heavy atom. The third-order valence-corrected chi connectivity index (χ3v) is 7.38. The third-order valence-electron chi connectivity index (χ3n) is 7.38. The van der Waals surface area contributed by atoms with Gasteiger partial charge in [0.05, 0.1) is 0 Å². The number of rotatable bonds is 31. The Bertz CT molecular complexity index is 682. The van der Waals surface area contributed by atoms with Gasteiger partial charge in [-0.3, -0.25) is 9.59 Å². The predicted molar refractivity (Wildman–Crippen MR) is 178 cm³/mol. The van der Waals surface area contributed by atoms with Crippen molar-refractivity contribution in [2.24, 2.45) is 0 Å². The standard InChI is InChI=1S/C37H66O5/c1-3-5-7-9-11-13-15-16-17-18-19-20-22-24-26-28-30-32-37(40)42-34-35(38)33-41-36(39)31-29-27-25-23-21-14-12-10-8-6-4-2/h16-17,19-20,24,26,35,38H,3-15,18,21-23,25,27-34H2,1-2H3/b17-16-,20-19-,26-24-/t35-/m1/s1. The highest BCUT2D eigenvalue weighted by atomic mass is 16.6. The molecular weight excluding hydrogens is 524 g/mol. The molecule has 0 unspecified atom stereocenters. The van der Waals surface area contributed by atoms with Gasteiger partial charge in [0.1, 0.15) is 19.3 Å². The number of hydrogen-bond donors (Lipinski definition) is 1. The summed E-state index contributed by atoms with van der Waals surface area (Å²) in [5.41, 5.74) is 0. The lowest BCUT2D eigenvalue weighted by Crippen LogP contribution is -2.25. The first-order valence-electron chi connectivity index (χ1n) is 17.5. The van der Waals surface area contributed by atoms with Gasteiger partial charge in [-0.25, -0.2) is 0 Å². The van der Waals surface area contributed by atoms with Gasteiger partial charge in [-0.1, -0.05) is 147 Å². The highest BCUT2D eigenvalue weighted by Crippen LogP contribution is 2.12. The summed E-state index contributed by atoms with van der Waals surface area (Å²) >= 11 is 0. The lowest BCUT2D eigenvalue weighted by Gasteiger charge is -2.12. The quantitative estimate of drug-likeness (QED) is 0.0494. The maximum Gasteiger partial charge on any atom is 0.305 e. The fourth-order valence-electron chi connectivity index (χ4n) is 4.69. The van der Waals surface area contributed by atoms with E-state index in [1.165, 1.54) is 96.3 Å². The zero-order chi connectivity index (χ0) is 30.8. The van der Waals surface area contributed by atoms with Gasteiger partial charge < -0.3 is 14.6 Å². The molecule has 0 aromatic heterocycles. The van der Waals surface area contributed by atoms with Gasteiger partial charge in [-0.2, -0.15) is 0 Å². The third kappa shape index (κ3) is 32.6. The number of carbonyl (C=O) groups is 2. The van der Waals surface area contributed by atoms with Crippen LogP contribution in [0.25, 0.3) is 0 Å². The average Bonchev–Trinajstić information content (AvgIpc) is 2.99. The number of carbonyl (C=O) groups excluding carboxylic acids is 2. The van der Waals surface area contributed by atoms with E-state index in [4.69, 9.17) is 9.47 Å². The minimum Gasteiger partial charge on any atom is -0.463 e. The Hall–Kier alpha value is -1.88. The SMILES string of the molecule is CCCCCCCC/C=C\C/C=C\C/C=C\CCCC(=O)OC[C@H](O)COC(=O)CCCCCCCCCCCCC. The molecular formula is C37H66O5. The normalized spacial score (nSPS) is 12.5. The van der Waals surface area contributed by atoms with Gasteiger partial charge in [-0.15, -0.1) is 0 Å². The van der Waals surface area contributed by atoms with Crippen LogP contribution in [0.15, 0.2) is 36.5 Å². The van der Waals surface area contributed by atoms with Crippen molar-refractivity contribution >= 4 is 11.9 Å². The van der Waals surface area contributed by atoms with Gasteiger partial charge in [0, 0.05) is 12.8 Å². The fraction of sp³-hybridized carbons (Fsp3) is 0.784. The van der Waals surface area contributed by atoms with Crippen LogP contribution in [0.2, 0.25) is 0 Å². The van der Waals surface area contributed by atoms with Crippen LogP contribution in [0.4, 0.5) is 0 Å². The molecule has 42 heavy (non-hydrogen) atoms. The summed E-state index contributed by atoms with van der Waals surface area (Å²) in [4.78, 5) is 23.8. The molecule has 0 aliphatic heterocycles.